The molecule has 0 saturated heterocycles. The van der Waals surface area contributed by atoms with E-state index in [2.05, 4.69) is 6.07 Å². The van der Waals surface area contributed by atoms with E-state index in [9.17, 15) is 9.90 Å². The first-order valence-corrected chi connectivity index (χ1v) is 11.3. The molecule has 1 atom stereocenters. The highest BCUT2D eigenvalue weighted by atomic mass is 32.1. The van der Waals surface area contributed by atoms with E-state index in [0.717, 1.165) is 26.8 Å². The number of ether oxygens (including phenoxy) is 1. The number of aromatic carboxylic acids is 1. The van der Waals surface area contributed by atoms with Crippen LogP contribution < -0.4 is 4.74 Å². The largest absolute Gasteiger partial charge is 0.485 e. The third-order valence-corrected chi connectivity index (χ3v) is 6.65. The van der Waals surface area contributed by atoms with Crippen molar-refractivity contribution in [3.8, 4) is 17.0 Å². The van der Waals surface area contributed by atoms with Crippen molar-refractivity contribution in [3.63, 3.8) is 0 Å². The fraction of sp³-hybridized carbons (Fsp3) is 0.111. The van der Waals surface area contributed by atoms with Gasteiger partial charge in [0.1, 0.15) is 11.9 Å². The highest BCUT2D eigenvalue weighted by molar-refractivity contribution is 7.17. The predicted octanol–water partition coefficient (Wildman–Crippen LogP) is 7.26. The number of pyridine rings is 1. The van der Waals surface area contributed by atoms with Gasteiger partial charge >= 0.3 is 5.97 Å². The molecule has 0 bridgehead atoms. The van der Waals surface area contributed by atoms with Crippen LogP contribution in [0.25, 0.3) is 32.2 Å². The van der Waals surface area contributed by atoms with Crippen molar-refractivity contribution >= 4 is 38.3 Å². The second kappa shape index (κ2) is 8.09. The van der Waals surface area contributed by atoms with Crippen LogP contribution in [0.5, 0.6) is 5.75 Å². The van der Waals surface area contributed by atoms with Crippen molar-refractivity contribution in [2.45, 2.75) is 20.0 Å². The molecular formula is C27H21NO3S. The molecule has 3 aromatic carbocycles. The summed E-state index contributed by atoms with van der Waals surface area (Å²) in [5.74, 6) is -0.477. The SMILES string of the molecule is Cc1ccc(O[C@H](C)c2ccccc2)c2c(C(=O)O)cc(-c3csc4ccccc34)nc12. The average molecular weight is 440 g/mol. The number of hydrogen-bond donors (Lipinski definition) is 1. The summed E-state index contributed by atoms with van der Waals surface area (Å²) in [6, 6.07) is 23.4. The van der Waals surface area contributed by atoms with Gasteiger partial charge in [-0.3, -0.25) is 0 Å². The molecule has 0 saturated carbocycles. The quantitative estimate of drug-likeness (QED) is 0.313. The lowest BCUT2D eigenvalue weighted by atomic mass is 10.0. The lowest BCUT2D eigenvalue weighted by Crippen LogP contribution is -2.07. The van der Waals surface area contributed by atoms with Crippen LogP contribution in [0.4, 0.5) is 0 Å². The monoisotopic (exact) mass is 439 g/mol. The van der Waals surface area contributed by atoms with Crippen LogP contribution in [0, 0.1) is 6.92 Å². The topological polar surface area (TPSA) is 59.4 Å². The molecule has 5 rings (SSSR count). The Morgan fingerprint density at radius 3 is 2.56 bits per heavy atom. The van der Waals surface area contributed by atoms with Crippen LogP contribution in [0.15, 0.2) is 78.2 Å². The summed E-state index contributed by atoms with van der Waals surface area (Å²) < 4.78 is 7.40. The number of benzene rings is 3. The fourth-order valence-corrected chi connectivity index (χ4v) is 4.96. The number of nitrogens with zero attached hydrogens (tertiary/aromatic N) is 1. The number of aromatic nitrogens is 1. The number of rotatable bonds is 5. The van der Waals surface area contributed by atoms with Crippen LogP contribution in [0.1, 0.15) is 34.5 Å². The van der Waals surface area contributed by atoms with Gasteiger partial charge in [0.25, 0.3) is 0 Å². The molecule has 0 unspecified atom stereocenters. The van der Waals surface area contributed by atoms with E-state index in [0.29, 0.717) is 22.3 Å². The van der Waals surface area contributed by atoms with E-state index >= 15 is 0 Å². The van der Waals surface area contributed by atoms with Gasteiger partial charge in [0, 0.05) is 21.0 Å². The highest BCUT2D eigenvalue weighted by Gasteiger charge is 2.21. The zero-order chi connectivity index (χ0) is 22.2. The molecule has 2 aromatic heterocycles. The van der Waals surface area contributed by atoms with E-state index < -0.39 is 5.97 Å². The van der Waals surface area contributed by atoms with Crippen molar-refractivity contribution in [3.05, 3.63) is 94.9 Å². The molecule has 0 fully saturated rings. The Bertz CT molecular complexity index is 1460. The molecule has 0 aliphatic rings. The number of fused-ring (bicyclic) bond motifs is 2. The van der Waals surface area contributed by atoms with E-state index in [1.807, 2.05) is 79.9 Å². The average Bonchev–Trinajstić information content (AvgIpc) is 3.25. The minimum Gasteiger partial charge on any atom is -0.485 e. The van der Waals surface area contributed by atoms with Gasteiger partial charge in [-0.15, -0.1) is 11.3 Å². The molecule has 4 nitrogen and oxygen atoms in total. The lowest BCUT2D eigenvalue weighted by molar-refractivity contribution is 0.0698. The van der Waals surface area contributed by atoms with E-state index in [4.69, 9.17) is 9.72 Å². The van der Waals surface area contributed by atoms with E-state index in [-0.39, 0.29) is 11.7 Å². The van der Waals surface area contributed by atoms with Gasteiger partial charge < -0.3 is 9.84 Å². The molecule has 2 heterocycles. The van der Waals surface area contributed by atoms with Gasteiger partial charge in [-0.25, -0.2) is 9.78 Å². The van der Waals surface area contributed by atoms with Gasteiger partial charge in [-0.2, -0.15) is 0 Å². The molecule has 0 aliphatic carbocycles. The molecule has 32 heavy (non-hydrogen) atoms. The summed E-state index contributed by atoms with van der Waals surface area (Å²) in [6.45, 7) is 3.90. The predicted molar refractivity (Wildman–Crippen MR) is 130 cm³/mol. The third-order valence-electron chi connectivity index (χ3n) is 5.68. The second-order valence-corrected chi connectivity index (χ2v) is 8.69. The van der Waals surface area contributed by atoms with Crippen molar-refractivity contribution in [2.24, 2.45) is 0 Å². The summed E-state index contributed by atoms with van der Waals surface area (Å²) in [5.41, 5.74) is 4.37. The Balaban J connectivity index is 1.70. The van der Waals surface area contributed by atoms with Crippen molar-refractivity contribution in [1.29, 1.82) is 0 Å². The first-order valence-electron chi connectivity index (χ1n) is 10.4. The molecule has 0 aliphatic heterocycles. The Labute approximate surface area is 189 Å². The fourth-order valence-electron chi connectivity index (χ4n) is 4.01. The van der Waals surface area contributed by atoms with E-state index in [1.165, 1.54) is 0 Å². The van der Waals surface area contributed by atoms with Gasteiger partial charge in [0.05, 0.1) is 22.2 Å². The zero-order valence-electron chi connectivity index (χ0n) is 17.7. The summed E-state index contributed by atoms with van der Waals surface area (Å²) in [4.78, 5) is 17.3. The Hall–Kier alpha value is -3.70. The Morgan fingerprint density at radius 2 is 1.78 bits per heavy atom. The first kappa shape index (κ1) is 20.2. The second-order valence-electron chi connectivity index (χ2n) is 7.78. The molecule has 5 heteroatoms. The van der Waals surface area contributed by atoms with Gasteiger partial charge in [0.2, 0.25) is 0 Å². The normalized spacial score (nSPS) is 12.2. The summed E-state index contributed by atoms with van der Waals surface area (Å²) >= 11 is 1.63. The van der Waals surface area contributed by atoms with Crippen LogP contribution in [-0.2, 0) is 0 Å². The van der Waals surface area contributed by atoms with E-state index in [1.54, 1.807) is 17.4 Å². The van der Waals surface area contributed by atoms with Gasteiger partial charge in [-0.05, 0) is 43.2 Å². The summed E-state index contributed by atoms with van der Waals surface area (Å²) in [5, 5.41) is 13.7. The minimum atomic E-state index is -0.999. The maximum atomic E-state index is 12.3. The summed E-state index contributed by atoms with van der Waals surface area (Å²) in [6.07, 6.45) is -0.232. The smallest absolute Gasteiger partial charge is 0.336 e. The molecule has 0 radical (unpaired) electrons. The molecule has 158 valence electrons. The van der Waals surface area contributed by atoms with Crippen LogP contribution >= 0.6 is 11.3 Å². The Morgan fingerprint density at radius 1 is 1.03 bits per heavy atom. The van der Waals surface area contributed by atoms with Crippen LogP contribution in [0.2, 0.25) is 0 Å². The van der Waals surface area contributed by atoms with Crippen LogP contribution in [-0.4, -0.2) is 16.1 Å². The molecule has 0 spiro atoms. The van der Waals surface area contributed by atoms with Crippen LogP contribution in [0.3, 0.4) is 0 Å². The lowest BCUT2D eigenvalue weighted by Gasteiger charge is -2.18. The summed E-state index contributed by atoms with van der Waals surface area (Å²) in [7, 11) is 0. The number of carboxylic acids is 1. The number of thiophene rings is 1. The number of hydrogen-bond acceptors (Lipinski definition) is 4. The molecule has 5 aromatic rings. The number of aryl methyl sites for hydroxylation is 1. The van der Waals surface area contributed by atoms with Gasteiger partial charge in [-0.1, -0.05) is 54.6 Å². The molecule has 0 amide bonds. The van der Waals surface area contributed by atoms with Crippen molar-refractivity contribution in [2.75, 3.05) is 0 Å². The standard InChI is InChI=1S/C27H21NO3S/c1-16-12-13-23(31-17(2)18-8-4-3-5-9-18)25-20(27(29)30)14-22(28-26(16)25)21-15-32-24-11-7-6-10-19(21)24/h3-15,17H,1-2H3,(H,29,30)/t17-/m1/s1. The Kier molecular flexibility index (Phi) is 5.11. The highest BCUT2D eigenvalue weighted by Crippen LogP contribution is 2.38. The minimum absolute atomic E-state index is 0.194. The van der Waals surface area contributed by atoms with Gasteiger partial charge in [0.15, 0.2) is 0 Å². The maximum absolute atomic E-state index is 12.3. The third kappa shape index (κ3) is 3.51. The molecule has 1 N–H and O–H groups in total. The number of carboxylic acid groups (broad SMARTS) is 1. The maximum Gasteiger partial charge on any atom is 0.336 e. The first-order chi connectivity index (χ1) is 15.5. The van der Waals surface area contributed by atoms with Crippen molar-refractivity contribution in [1.82, 2.24) is 4.98 Å². The number of carbonyl (C=O) groups is 1. The molecular weight excluding hydrogens is 418 g/mol. The zero-order valence-corrected chi connectivity index (χ0v) is 18.5. The van der Waals surface area contributed by atoms with Crippen molar-refractivity contribution < 1.29 is 14.6 Å².